The van der Waals surface area contributed by atoms with E-state index in [2.05, 4.69) is 4.90 Å². The van der Waals surface area contributed by atoms with E-state index in [0.717, 1.165) is 31.6 Å². The zero-order chi connectivity index (χ0) is 12.7. The van der Waals surface area contributed by atoms with Crippen LogP contribution in [-0.2, 0) is 4.74 Å². The minimum Gasteiger partial charge on any atom is -0.389 e. The molecular weight excluding hydrogens is 251 g/mol. The SMILES string of the molecule is NC(=S)c1ccc(N2CC3CCC(C2)O3)cc1F. The Bertz CT molecular complexity index is 482. The van der Waals surface area contributed by atoms with Gasteiger partial charge in [-0.15, -0.1) is 0 Å². The Morgan fingerprint density at radius 1 is 1.33 bits per heavy atom. The highest BCUT2D eigenvalue weighted by molar-refractivity contribution is 7.80. The second-order valence-corrected chi connectivity index (χ2v) is 5.33. The summed E-state index contributed by atoms with van der Waals surface area (Å²) >= 11 is 4.80. The van der Waals surface area contributed by atoms with Gasteiger partial charge in [0.15, 0.2) is 0 Å². The monoisotopic (exact) mass is 266 g/mol. The van der Waals surface area contributed by atoms with Crippen molar-refractivity contribution in [3.8, 4) is 0 Å². The van der Waals surface area contributed by atoms with Gasteiger partial charge in [-0.25, -0.2) is 4.39 Å². The van der Waals surface area contributed by atoms with E-state index < -0.39 is 0 Å². The fourth-order valence-electron chi connectivity index (χ4n) is 2.73. The quantitative estimate of drug-likeness (QED) is 0.829. The van der Waals surface area contributed by atoms with Gasteiger partial charge in [-0.2, -0.15) is 0 Å². The second-order valence-electron chi connectivity index (χ2n) is 4.89. The van der Waals surface area contributed by atoms with Crippen LogP contribution in [0.2, 0.25) is 0 Å². The average Bonchev–Trinajstić information content (AvgIpc) is 2.67. The third kappa shape index (κ3) is 2.08. The lowest BCUT2D eigenvalue weighted by atomic mass is 10.1. The Morgan fingerprint density at radius 2 is 2.00 bits per heavy atom. The topological polar surface area (TPSA) is 38.5 Å². The number of benzene rings is 1. The van der Waals surface area contributed by atoms with Crippen molar-refractivity contribution in [1.29, 1.82) is 0 Å². The van der Waals surface area contributed by atoms with Crippen LogP contribution >= 0.6 is 12.2 Å². The Balaban J connectivity index is 1.84. The Labute approximate surface area is 111 Å². The number of rotatable bonds is 2. The number of thiocarbonyl (C=S) groups is 1. The molecule has 0 saturated carbocycles. The van der Waals surface area contributed by atoms with E-state index in [0.29, 0.717) is 17.8 Å². The van der Waals surface area contributed by atoms with Crippen molar-refractivity contribution in [2.45, 2.75) is 25.0 Å². The molecule has 0 amide bonds. The molecular formula is C13H15FN2OS. The van der Waals surface area contributed by atoms with Gasteiger partial charge in [0.05, 0.1) is 12.2 Å². The molecule has 2 N–H and O–H groups in total. The molecule has 2 aliphatic heterocycles. The standard InChI is InChI=1S/C13H15FN2OS/c14-12-5-8(1-4-11(12)13(15)18)16-6-9-2-3-10(7-16)17-9/h1,4-5,9-10H,2-3,6-7H2,(H2,15,18). The molecule has 96 valence electrons. The second kappa shape index (κ2) is 4.48. The maximum atomic E-state index is 13.8. The molecule has 3 nitrogen and oxygen atoms in total. The van der Waals surface area contributed by atoms with Gasteiger partial charge in [0, 0.05) is 24.3 Å². The molecule has 2 unspecified atom stereocenters. The molecule has 2 heterocycles. The highest BCUT2D eigenvalue weighted by Crippen LogP contribution is 2.30. The van der Waals surface area contributed by atoms with E-state index in [1.54, 1.807) is 6.07 Å². The van der Waals surface area contributed by atoms with Gasteiger partial charge in [0.25, 0.3) is 0 Å². The van der Waals surface area contributed by atoms with Crippen molar-refractivity contribution < 1.29 is 9.13 Å². The van der Waals surface area contributed by atoms with Crippen LogP contribution < -0.4 is 10.6 Å². The number of nitrogens with two attached hydrogens (primary N) is 1. The molecule has 0 aromatic heterocycles. The number of hydrogen-bond donors (Lipinski definition) is 1. The molecule has 1 aromatic carbocycles. The summed E-state index contributed by atoms with van der Waals surface area (Å²) in [6.45, 7) is 1.67. The molecule has 2 saturated heterocycles. The maximum absolute atomic E-state index is 13.8. The maximum Gasteiger partial charge on any atom is 0.135 e. The molecule has 0 aliphatic carbocycles. The number of fused-ring (bicyclic) bond motifs is 2. The first-order valence-corrected chi connectivity index (χ1v) is 6.54. The Kier molecular flexibility index (Phi) is 2.95. The summed E-state index contributed by atoms with van der Waals surface area (Å²) in [6, 6.07) is 5.05. The Morgan fingerprint density at radius 3 is 2.56 bits per heavy atom. The van der Waals surface area contributed by atoms with Crippen LogP contribution in [0.15, 0.2) is 18.2 Å². The van der Waals surface area contributed by atoms with E-state index in [-0.39, 0.29) is 10.8 Å². The predicted molar refractivity (Wildman–Crippen MR) is 72.4 cm³/mol. The largest absolute Gasteiger partial charge is 0.389 e. The predicted octanol–water partition coefficient (Wildman–Crippen LogP) is 1.83. The lowest BCUT2D eigenvalue weighted by Crippen LogP contribution is -2.42. The number of morpholine rings is 1. The van der Waals surface area contributed by atoms with Gasteiger partial charge in [-0.05, 0) is 31.0 Å². The van der Waals surface area contributed by atoms with E-state index >= 15 is 0 Å². The van der Waals surface area contributed by atoms with Gasteiger partial charge in [0.1, 0.15) is 10.8 Å². The van der Waals surface area contributed by atoms with Crippen molar-refractivity contribution in [2.75, 3.05) is 18.0 Å². The van der Waals surface area contributed by atoms with Crippen molar-refractivity contribution in [3.63, 3.8) is 0 Å². The van der Waals surface area contributed by atoms with Crippen molar-refractivity contribution in [1.82, 2.24) is 0 Å². The van der Waals surface area contributed by atoms with Crippen LogP contribution in [0.5, 0.6) is 0 Å². The van der Waals surface area contributed by atoms with E-state index in [1.165, 1.54) is 6.07 Å². The highest BCUT2D eigenvalue weighted by Gasteiger charge is 2.33. The third-order valence-electron chi connectivity index (χ3n) is 3.63. The molecule has 1 aromatic rings. The van der Waals surface area contributed by atoms with Crippen molar-refractivity contribution in [3.05, 3.63) is 29.6 Å². The van der Waals surface area contributed by atoms with Gasteiger partial charge in [-0.3, -0.25) is 0 Å². The zero-order valence-corrected chi connectivity index (χ0v) is 10.8. The van der Waals surface area contributed by atoms with E-state index in [1.807, 2.05) is 6.07 Å². The average molecular weight is 266 g/mol. The molecule has 18 heavy (non-hydrogen) atoms. The summed E-state index contributed by atoms with van der Waals surface area (Å²) in [4.78, 5) is 2.28. The minimum atomic E-state index is -0.348. The first-order chi connectivity index (χ1) is 8.63. The summed E-state index contributed by atoms with van der Waals surface area (Å²) < 4.78 is 19.6. The molecule has 5 heteroatoms. The third-order valence-corrected chi connectivity index (χ3v) is 3.85. The minimum absolute atomic E-state index is 0.0982. The van der Waals surface area contributed by atoms with Crippen molar-refractivity contribution in [2.24, 2.45) is 5.73 Å². The number of hydrogen-bond acceptors (Lipinski definition) is 3. The van der Waals surface area contributed by atoms with E-state index in [4.69, 9.17) is 22.7 Å². The van der Waals surface area contributed by atoms with Crippen LogP contribution in [0.25, 0.3) is 0 Å². The van der Waals surface area contributed by atoms with Crippen LogP contribution in [0.4, 0.5) is 10.1 Å². The number of halogens is 1. The number of ether oxygens (including phenoxy) is 1. The molecule has 3 rings (SSSR count). The molecule has 0 spiro atoms. The molecule has 2 atom stereocenters. The summed E-state index contributed by atoms with van der Waals surface area (Å²) in [7, 11) is 0. The smallest absolute Gasteiger partial charge is 0.135 e. The lowest BCUT2D eigenvalue weighted by molar-refractivity contribution is 0.0305. The molecule has 2 aliphatic rings. The van der Waals surface area contributed by atoms with Crippen LogP contribution in [-0.4, -0.2) is 30.3 Å². The van der Waals surface area contributed by atoms with E-state index in [9.17, 15) is 4.39 Å². The molecule has 2 fully saturated rings. The zero-order valence-electron chi connectivity index (χ0n) is 9.93. The first kappa shape index (κ1) is 11.9. The summed E-state index contributed by atoms with van der Waals surface area (Å²) in [5.41, 5.74) is 6.65. The Hall–Kier alpha value is -1.20. The summed E-state index contributed by atoms with van der Waals surface area (Å²) in [5.74, 6) is -0.348. The van der Waals surface area contributed by atoms with Crippen LogP contribution in [0, 0.1) is 5.82 Å². The molecule has 2 bridgehead atoms. The van der Waals surface area contributed by atoms with Gasteiger partial charge in [0.2, 0.25) is 0 Å². The number of anilines is 1. The van der Waals surface area contributed by atoms with Crippen molar-refractivity contribution >= 4 is 22.9 Å². The summed E-state index contributed by atoms with van der Waals surface area (Å²) in [6.07, 6.45) is 2.80. The first-order valence-electron chi connectivity index (χ1n) is 6.13. The normalized spacial score (nSPS) is 26.4. The van der Waals surface area contributed by atoms with Crippen LogP contribution in [0.1, 0.15) is 18.4 Å². The summed E-state index contributed by atoms with van der Waals surface area (Å²) in [5, 5.41) is 0. The molecule has 0 radical (unpaired) electrons. The number of nitrogens with zero attached hydrogens (tertiary/aromatic N) is 1. The highest BCUT2D eigenvalue weighted by atomic mass is 32.1. The fraction of sp³-hybridized carbons (Fsp3) is 0.462. The lowest BCUT2D eigenvalue weighted by Gasteiger charge is -2.34. The van der Waals surface area contributed by atoms with Gasteiger partial charge in [-0.1, -0.05) is 12.2 Å². The van der Waals surface area contributed by atoms with Crippen LogP contribution in [0.3, 0.4) is 0 Å². The van der Waals surface area contributed by atoms with Gasteiger partial charge >= 0.3 is 0 Å². The van der Waals surface area contributed by atoms with Gasteiger partial charge < -0.3 is 15.4 Å². The fourth-order valence-corrected chi connectivity index (χ4v) is 2.89.